The molecule has 0 radical (unpaired) electrons. The number of rotatable bonds is 7. The lowest BCUT2D eigenvalue weighted by atomic mass is 10.2. The van der Waals surface area contributed by atoms with Gasteiger partial charge >= 0.3 is 0 Å². The zero-order chi connectivity index (χ0) is 22.9. The second kappa shape index (κ2) is 8.66. The van der Waals surface area contributed by atoms with Crippen LogP contribution in [-0.2, 0) is 12.3 Å². The lowest BCUT2D eigenvalue weighted by Crippen LogP contribution is -2.22. The topological polar surface area (TPSA) is 105 Å². The van der Waals surface area contributed by atoms with Gasteiger partial charge in [-0.15, -0.1) is 15.3 Å². The van der Waals surface area contributed by atoms with Gasteiger partial charge in [0.1, 0.15) is 5.75 Å². The number of ether oxygens (including phenoxy) is 1. The van der Waals surface area contributed by atoms with Gasteiger partial charge in [0.25, 0.3) is 5.56 Å². The van der Waals surface area contributed by atoms with E-state index in [9.17, 15) is 4.79 Å². The van der Waals surface area contributed by atoms with Gasteiger partial charge in [-0.25, -0.2) is 9.25 Å². The molecule has 0 N–H and O–H groups in total. The van der Waals surface area contributed by atoms with Gasteiger partial charge in [-0.05, 0) is 53.6 Å². The minimum absolute atomic E-state index is 0.183. The molecule has 10 nitrogen and oxygen atoms in total. The molecule has 0 atom stereocenters. The van der Waals surface area contributed by atoms with E-state index < -0.39 is 0 Å². The number of hydrogen-bond acceptors (Lipinski definition) is 8. The second-order valence-electron chi connectivity index (χ2n) is 7.56. The number of para-hydroxylation sites is 1. The summed E-state index contributed by atoms with van der Waals surface area (Å²) in [6.07, 6.45) is 0.936. The third-order valence-corrected chi connectivity index (χ3v) is 6.27. The highest BCUT2D eigenvalue weighted by molar-refractivity contribution is 7.98. The van der Waals surface area contributed by atoms with Crippen molar-refractivity contribution in [2.24, 2.45) is 0 Å². The van der Waals surface area contributed by atoms with Gasteiger partial charge < -0.3 is 4.74 Å². The molecule has 5 rings (SSSR count). The molecule has 0 amide bonds. The molecule has 11 heteroatoms. The van der Waals surface area contributed by atoms with E-state index in [2.05, 4.69) is 32.6 Å². The van der Waals surface area contributed by atoms with E-state index >= 15 is 0 Å². The molecule has 168 valence electrons. The number of methoxy groups -OCH3 is 1. The highest BCUT2D eigenvalue weighted by atomic mass is 32.2. The van der Waals surface area contributed by atoms with Crippen molar-refractivity contribution >= 4 is 28.4 Å². The molecule has 0 bridgehead atoms. The fourth-order valence-electron chi connectivity index (χ4n) is 3.81. The van der Waals surface area contributed by atoms with Gasteiger partial charge in [0.15, 0.2) is 11.0 Å². The van der Waals surface area contributed by atoms with Crippen molar-refractivity contribution < 1.29 is 4.74 Å². The van der Waals surface area contributed by atoms with Crippen molar-refractivity contribution in [3.63, 3.8) is 0 Å². The molecule has 2 aromatic carbocycles. The molecule has 0 fully saturated rings. The minimum atomic E-state index is -0.183. The molecule has 3 aromatic heterocycles. The number of aromatic nitrogens is 8. The predicted octanol–water partition coefficient (Wildman–Crippen LogP) is 3.04. The Labute approximate surface area is 193 Å². The summed E-state index contributed by atoms with van der Waals surface area (Å²) in [7, 11) is 1.59. The molecule has 0 unspecified atom stereocenters. The maximum Gasteiger partial charge on any atom is 0.267 e. The van der Waals surface area contributed by atoms with E-state index in [0.717, 1.165) is 29.9 Å². The fourth-order valence-corrected chi connectivity index (χ4v) is 4.68. The summed E-state index contributed by atoms with van der Waals surface area (Å²) in [6.45, 7) is 4.80. The van der Waals surface area contributed by atoms with Crippen LogP contribution in [0.4, 0.5) is 0 Å². The van der Waals surface area contributed by atoms with Gasteiger partial charge in [0.2, 0.25) is 5.78 Å². The predicted molar refractivity (Wildman–Crippen MR) is 125 cm³/mol. The first-order chi connectivity index (χ1) is 16.1. The Morgan fingerprint density at radius 2 is 1.94 bits per heavy atom. The van der Waals surface area contributed by atoms with Crippen LogP contribution in [-0.4, -0.2) is 46.5 Å². The van der Waals surface area contributed by atoms with Crippen molar-refractivity contribution in [2.75, 3.05) is 7.11 Å². The molecule has 0 aliphatic heterocycles. The number of fused-ring (bicyclic) bond motifs is 3. The number of nitrogens with zero attached hydrogens (tertiary/aromatic N) is 8. The van der Waals surface area contributed by atoms with Crippen molar-refractivity contribution in [2.45, 2.75) is 37.7 Å². The third kappa shape index (κ3) is 3.63. The molecule has 33 heavy (non-hydrogen) atoms. The third-order valence-electron chi connectivity index (χ3n) is 5.34. The normalized spacial score (nSPS) is 11.5. The average molecular weight is 463 g/mol. The summed E-state index contributed by atoms with van der Waals surface area (Å²) in [5.74, 6) is 2.28. The van der Waals surface area contributed by atoms with Crippen LogP contribution in [0.5, 0.6) is 5.75 Å². The average Bonchev–Trinajstić information content (AvgIpc) is 3.45. The van der Waals surface area contributed by atoms with Crippen LogP contribution in [0.15, 0.2) is 52.4 Å². The molecule has 0 saturated carbocycles. The SMILES string of the molecule is CCCn1nnnc1CSc1nnc2n(-c3cc(C)ccc3OC)c(=O)c3ccccc3n12. The first-order valence-corrected chi connectivity index (χ1v) is 11.5. The Morgan fingerprint density at radius 3 is 2.76 bits per heavy atom. The van der Waals surface area contributed by atoms with E-state index in [1.54, 1.807) is 16.4 Å². The largest absolute Gasteiger partial charge is 0.495 e. The number of tetrazole rings is 1. The molecule has 0 aliphatic rings. The van der Waals surface area contributed by atoms with E-state index in [1.165, 1.54) is 11.8 Å². The van der Waals surface area contributed by atoms with Crippen molar-refractivity contribution in [3.05, 3.63) is 64.2 Å². The van der Waals surface area contributed by atoms with Crippen LogP contribution in [0.3, 0.4) is 0 Å². The highest BCUT2D eigenvalue weighted by Crippen LogP contribution is 2.28. The number of benzene rings is 2. The Kier molecular flexibility index (Phi) is 5.55. The molecule has 3 heterocycles. The second-order valence-corrected chi connectivity index (χ2v) is 8.50. The molecule has 0 aliphatic carbocycles. The summed E-state index contributed by atoms with van der Waals surface area (Å²) in [5, 5.41) is 22.0. The number of aryl methyl sites for hydroxylation is 2. The van der Waals surface area contributed by atoms with Crippen LogP contribution in [0.1, 0.15) is 24.7 Å². The summed E-state index contributed by atoms with van der Waals surface area (Å²) < 4.78 is 10.8. The standard InChI is InChI=1S/C22H22N8O2S/c1-4-11-28-19(23-26-27-28)13-33-22-25-24-21-29(17-12-14(2)9-10-18(17)32-3)20(31)15-7-5-6-8-16(15)30(21)22/h5-10,12H,4,11,13H2,1-3H3. The highest BCUT2D eigenvalue weighted by Gasteiger charge is 2.20. The quantitative estimate of drug-likeness (QED) is 0.340. The molecule has 5 aromatic rings. The minimum Gasteiger partial charge on any atom is -0.495 e. The maximum absolute atomic E-state index is 13.6. The smallest absolute Gasteiger partial charge is 0.267 e. The van der Waals surface area contributed by atoms with Crippen LogP contribution >= 0.6 is 11.8 Å². The van der Waals surface area contributed by atoms with Crippen molar-refractivity contribution in [1.29, 1.82) is 0 Å². The zero-order valence-electron chi connectivity index (χ0n) is 18.5. The fraction of sp³-hybridized carbons (Fsp3) is 0.273. The van der Waals surface area contributed by atoms with Crippen LogP contribution in [0.25, 0.3) is 22.4 Å². The van der Waals surface area contributed by atoms with Gasteiger partial charge in [-0.3, -0.25) is 9.20 Å². The first-order valence-electron chi connectivity index (χ1n) is 10.5. The monoisotopic (exact) mass is 462 g/mol. The van der Waals surface area contributed by atoms with Crippen molar-refractivity contribution in [1.82, 2.24) is 39.4 Å². The molecular weight excluding hydrogens is 440 g/mol. The summed E-state index contributed by atoms with van der Waals surface area (Å²) in [4.78, 5) is 13.6. The van der Waals surface area contributed by atoms with Gasteiger partial charge in [-0.2, -0.15) is 0 Å². The van der Waals surface area contributed by atoms with E-state index in [1.807, 2.05) is 53.8 Å². The maximum atomic E-state index is 13.6. The summed E-state index contributed by atoms with van der Waals surface area (Å²) in [6, 6.07) is 13.2. The molecule has 0 saturated heterocycles. The Bertz CT molecular complexity index is 1520. The molecular formula is C22H22N8O2S. The van der Waals surface area contributed by atoms with E-state index in [-0.39, 0.29) is 5.56 Å². The Morgan fingerprint density at radius 1 is 1.09 bits per heavy atom. The molecule has 0 spiro atoms. The lowest BCUT2D eigenvalue weighted by molar-refractivity contribution is 0.412. The van der Waals surface area contributed by atoms with Gasteiger partial charge in [0.05, 0.1) is 29.5 Å². The van der Waals surface area contributed by atoms with E-state index in [4.69, 9.17) is 4.74 Å². The van der Waals surface area contributed by atoms with Gasteiger partial charge in [0, 0.05) is 6.54 Å². The Hall–Kier alpha value is -3.73. The van der Waals surface area contributed by atoms with E-state index in [0.29, 0.717) is 33.5 Å². The number of thioether (sulfide) groups is 1. The first kappa shape index (κ1) is 21.1. The summed E-state index contributed by atoms with van der Waals surface area (Å²) in [5.41, 5.74) is 2.17. The lowest BCUT2D eigenvalue weighted by Gasteiger charge is -2.14. The van der Waals surface area contributed by atoms with Gasteiger partial charge in [-0.1, -0.05) is 36.9 Å². The number of hydrogen-bond donors (Lipinski definition) is 0. The van der Waals surface area contributed by atoms with Crippen molar-refractivity contribution in [3.8, 4) is 11.4 Å². The van der Waals surface area contributed by atoms with Crippen LogP contribution in [0.2, 0.25) is 0 Å². The Balaban J connectivity index is 1.71. The van der Waals surface area contributed by atoms with Crippen LogP contribution < -0.4 is 10.3 Å². The summed E-state index contributed by atoms with van der Waals surface area (Å²) >= 11 is 1.47. The van der Waals surface area contributed by atoms with Crippen LogP contribution in [0, 0.1) is 6.92 Å². The zero-order valence-corrected chi connectivity index (χ0v) is 19.3.